The van der Waals surface area contributed by atoms with Gasteiger partial charge in [0.2, 0.25) is 5.91 Å². The van der Waals surface area contributed by atoms with Gasteiger partial charge in [-0.2, -0.15) is 0 Å². The molecule has 0 atom stereocenters. The molecule has 0 radical (unpaired) electrons. The fourth-order valence-electron chi connectivity index (χ4n) is 2.39. The van der Waals surface area contributed by atoms with Gasteiger partial charge >= 0.3 is 0 Å². The molecule has 17 heavy (non-hydrogen) atoms. The number of amides is 1. The van der Waals surface area contributed by atoms with Gasteiger partial charge in [0, 0.05) is 44.7 Å². The van der Waals surface area contributed by atoms with E-state index in [0.717, 1.165) is 32.6 Å². The highest BCUT2D eigenvalue weighted by atomic mass is 16.2. The minimum atomic E-state index is 0.0611. The van der Waals surface area contributed by atoms with Gasteiger partial charge in [-0.15, -0.1) is 0 Å². The van der Waals surface area contributed by atoms with E-state index >= 15 is 0 Å². The lowest BCUT2D eigenvalue weighted by Gasteiger charge is -2.43. The van der Waals surface area contributed by atoms with Crippen molar-refractivity contribution < 1.29 is 4.79 Å². The third-order valence-corrected chi connectivity index (χ3v) is 4.15. The third kappa shape index (κ3) is 3.19. The molecule has 1 saturated carbocycles. The summed E-state index contributed by atoms with van der Waals surface area (Å²) in [5.74, 6) is 1.05. The van der Waals surface area contributed by atoms with Gasteiger partial charge in [-0.05, 0) is 32.6 Å². The summed E-state index contributed by atoms with van der Waals surface area (Å²) in [6, 6.07) is 0. The summed E-state index contributed by atoms with van der Waals surface area (Å²) < 4.78 is 0. The maximum Gasteiger partial charge on any atom is 0.222 e. The fraction of sp³-hybridized carbons (Fsp3) is 0.923. The fourth-order valence-corrected chi connectivity index (χ4v) is 2.39. The first-order valence-corrected chi connectivity index (χ1v) is 6.76. The predicted molar refractivity (Wildman–Crippen MR) is 68.6 cm³/mol. The van der Waals surface area contributed by atoms with Crippen LogP contribution in [0.25, 0.3) is 0 Å². The number of carbonyl (C=O) groups excluding carboxylic acids is 1. The van der Waals surface area contributed by atoms with Gasteiger partial charge in [0.1, 0.15) is 0 Å². The van der Waals surface area contributed by atoms with Crippen LogP contribution in [-0.4, -0.2) is 54.0 Å². The third-order valence-electron chi connectivity index (χ3n) is 4.15. The Bertz CT molecular complexity index is 278. The average molecular weight is 239 g/mol. The number of nitrogens with zero attached hydrogens (tertiary/aromatic N) is 2. The number of rotatable bonds is 4. The lowest BCUT2D eigenvalue weighted by molar-refractivity contribution is -0.134. The van der Waals surface area contributed by atoms with Crippen LogP contribution in [0.3, 0.4) is 0 Å². The van der Waals surface area contributed by atoms with Crippen LogP contribution in [0.15, 0.2) is 0 Å². The number of hydrogen-bond acceptors (Lipinski definition) is 3. The van der Waals surface area contributed by atoms with Crippen molar-refractivity contribution in [2.24, 2.45) is 11.7 Å². The summed E-state index contributed by atoms with van der Waals surface area (Å²) in [4.78, 5) is 16.4. The van der Waals surface area contributed by atoms with E-state index in [4.69, 9.17) is 5.73 Å². The molecule has 0 bridgehead atoms. The van der Waals surface area contributed by atoms with Crippen molar-refractivity contribution in [3.63, 3.8) is 0 Å². The van der Waals surface area contributed by atoms with E-state index in [0.29, 0.717) is 18.4 Å². The van der Waals surface area contributed by atoms with Crippen LogP contribution < -0.4 is 5.73 Å². The Balaban J connectivity index is 1.78. The first-order chi connectivity index (χ1) is 8.03. The van der Waals surface area contributed by atoms with Crippen molar-refractivity contribution in [2.75, 3.05) is 32.7 Å². The maximum absolute atomic E-state index is 12.0. The molecule has 0 spiro atoms. The molecule has 1 heterocycles. The zero-order valence-electron chi connectivity index (χ0n) is 11.1. The van der Waals surface area contributed by atoms with E-state index in [1.807, 2.05) is 4.90 Å². The SMILES string of the molecule is CC(C)(CN)N1CCN(C(=O)CC2CC2)CC1. The Morgan fingerprint density at radius 3 is 2.29 bits per heavy atom. The summed E-state index contributed by atoms with van der Waals surface area (Å²) in [7, 11) is 0. The summed E-state index contributed by atoms with van der Waals surface area (Å²) in [6.45, 7) is 8.68. The lowest BCUT2D eigenvalue weighted by Crippen LogP contribution is -2.58. The van der Waals surface area contributed by atoms with Crippen LogP contribution in [-0.2, 0) is 4.79 Å². The molecule has 0 aromatic heterocycles. The van der Waals surface area contributed by atoms with E-state index in [2.05, 4.69) is 18.7 Å². The Kier molecular flexibility index (Phi) is 3.73. The molecule has 2 N–H and O–H groups in total. The van der Waals surface area contributed by atoms with Gasteiger partial charge in [-0.1, -0.05) is 0 Å². The highest BCUT2D eigenvalue weighted by Gasteiger charge is 2.32. The van der Waals surface area contributed by atoms with Gasteiger partial charge < -0.3 is 10.6 Å². The minimum absolute atomic E-state index is 0.0611. The van der Waals surface area contributed by atoms with Crippen molar-refractivity contribution in [1.82, 2.24) is 9.80 Å². The van der Waals surface area contributed by atoms with Gasteiger partial charge in [0.25, 0.3) is 0 Å². The van der Waals surface area contributed by atoms with Crippen molar-refractivity contribution in [1.29, 1.82) is 0 Å². The van der Waals surface area contributed by atoms with E-state index in [-0.39, 0.29) is 5.54 Å². The van der Waals surface area contributed by atoms with Crippen LogP contribution in [0.1, 0.15) is 33.1 Å². The largest absolute Gasteiger partial charge is 0.340 e. The van der Waals surface area contributed by atoms with Crippen LogP contribution in [0, 0.1) is 5.92 Å². The Labute approximate surface area is 104 Å². The standard InChI is InChI=1S/C13H25N3O/c1-13(2,10-14)16-7-5-15(6-8-16)12(17)9-11-3-4-11/h11H,3-10,14H2,1-2H3. The van der Waals surface area contributed by atoms with Crippen molar-refractivity contribution in [2.45, 2.75) is 38.6 Å². The molecule has 4 heteroatoms. The van der Waals surface area contributed by atoms with Gasteiger partial charge in [0.15, 0.2) is 0 Å². The second-order valence-electron chi connectivity index (χ2n) is 6.03. The molecule has 2 fully saturated rings. The van der Waals surface area contributed by atoms with E-state index in [1.54, 1.807) is 0 Å². The highest BCUT2D eigenvalue weighted by Crippen LogP contribution is 2.33. The molecule has 1 aliphatic heterocycles. The second kappa shape index (κ2) is 4.94. The van der Waals surface area contributed by atoms with E-state index in [9.17, 15) is 4.79 Å². The van der Waals surface area contributed by atoms with Gasteiger partial charge in [-0.3, -0.25) is 9.69 Å². The Morgan fingerprint density at radius 1 is 1.24 bits per heavy atom. The molecular formula is C13H25N3O. The highest BCUT2D eigenvalue weighted by molar-refractivity contribution is 5.76. The maximum atomic E-state index is 12.0. The normalized spacial score (nSPS) is 22.9. The molecule has 0 aromatic carbocycles. The zero-order chi connectivity index (χ0) is 12.5. The molecule has 2 aliphatic rings. The summed E-state index contributed by atoms with van der Waals surface area (Å²) >= 11 is 0. The minimum Gasteiger partial charge on any atom is -0.340 e. The summed E-state index contributed by atoms with van der Waals surface area (Å²) in [6.07, 6.45) is 3.29. The summed E-state index contributed by atoms with van der Waals surface area (Å²) in [5, 5.41) is 0. The lowest BCUT2D eigenvalue weighted by atomic mass is 10.0. The van der Waals surface area contributed by atoms with Crippen molar-refractivity contribution >= 4 is 5.91 Å². The Morgan fingerprint density at radius 2 is 1.82 bits per heavy atom. The smallest absolute Gasteiger partial charge is 0.222 e. The molecule has 1 saturated heterocycles. The van der Waals surface area contributed by atoms with Crippen LogP contribution >= 0.6 is 0 Å². The quantitative estimate of drug-likeness (QED) is 0.784. The topological polar surface area (TPSA) is 49.6 Å². The number of piperazine rings is 1. The molecule has 0 aromatic rings. The van der Waals surface area contributed by atoms with Crippen molar-refractivity contribution in [3.05, 3.63) is 0 Å². The molecule has 4 nitrogen and oxygen atoms in total. The van der Waals surface area contributed by atoms with Crippen LogP contribution in [0.5, 0.6) is 0 Å². The van der Waals surface area contributed by atoms with Gasteiger partial charge in [0.05, 0.1) is 0 Å². The van der Waals surface area contributed by atoms with Crippen LogP contribution in [0.2, 0.25) is 0 Å². The monoisotopic (exact) mass is 239 g/mol. The predicted octanol–water partition coefficient (Wildman–Crippen LogP) is 0.668. The number of carbonyl (C=O) groups is 1. The zero-order valence-corrected chi connectivity index (χ0v) is 11.1. The molecule has 1 amide bonds. The average Bonchev–Trinajstić information content (AvgIpc) is 3.13. The van der Waals surface area contributed by atoms with E-state index in [1.165, 1.54) is 12.8 Å². The van der Waals surface area contributed by atoms with Crippen LogP contribution in [0.4, 0.5) is 0 Å². The molecule has 0 unspecified atom stereocenters. The van der Waals surface area contributed by atoms with Crippen molar-refractivity contribution in [3.8, 4) is 0 Å². The molecule has 2 rings (SSSR count). The second-order valence-corrected chi connectivity index (χ2v) is 6.03. The molecule has 98 valence electrons. The number of hydrogen-bond donors (Lipinski definition) is 1. The summed E-state index contributed by atoms with van der Waals surface area (Å²) in [5.41, 5.74) is 5.84. The molecular weight excluding hydrogens is 214 g/mol. The first-order valence-electron chi connectivity index (χ1n) is 6.76. The van der Waals surface area contributed by atoms with E-state index < -0.39 is 0 Å². The Hall–Kier alpha value is -0.610. The molecule has 1 aliphatic carbocycles. The van der Waals surface area contributed by atoms with Gasteiger partial charge in [-0.25, -0.2) is 0 Å². The first kappa shape index (κ1) is 12.8. The number of nitrogens with two attached hydrogens (primary N) is 1.